The maximum absolute atomic E-state index is 10.6. The Labute approximate surface area is 133 Å². The van der Waals surface area contributed by atoms with E-state index in [1.807, 2.05) is 6.07 Å². The molecule has 0 aromatic heterocycles. The molecule has 124 valence electrons. The van der Waals surface area contributed by atoms with Gasteiger partial charge in [0.15, 0.2) is 26.4 Å². The number of hydrogen-bond donors (Lipinski definition) is 1. The number of benzene rings is 1. The van der Waals surface area contributed by atoms with Gasteiger partial charge in [-0.05, 0) is 30.3 Å². The Hall–Kier alpha value is -1.53. The molecule has 1 aromatic carbocycles. The van der Waals surface area contributed by atoms with E-state index in [9.17, 15) is 4.79 Å². The maximum atomic E-state index is 10.6. The van der Waals surface area contributed by atoms with E-state index in [1.165, 1.54) is 0 Å². The second-order valence-corrected chi connectivity index (χ2v) is 11.4. The third-order valence-corrected chi connectivity index (χ3v) is 8.35. The molecular formula is C16H26O5Si. The highest BCUT2D eigenvalue weighted by Crippen LogP contribution is 2.36. The van der Waals surface area contributed by atoms with Crippen LogP contribution in [-0.4, -0.2) is 39.2 Å². The van der Waals surface area contributed by atoms with Crippen LogP contribution in [-0.2, 0) is 9.22 Å². The van der Waals surface area contributed by atoms with Crippen molar-refractivity contribution >= 4 is 14.3 Å². The quantitative estimate of drug-likeness (QED) is 0.584. The van der Waals surface area contributed by atoms with Gasteiger partial charge in [0.2, 0.25) is 0 Å². The van der Waals surface area contributed by atoms with Crippen molar-refractivity contribution in [3.05, 3.63) is 24.3 Å². The van der Waals surface area contributed by atoms with Gasteiger partial charge >= 0.3 is 5.97 Å². The van der Waals surface area contributed by atoms with Crippen molar-refractivity contribution in [2.75, 3.05) is 19.8 Å². The van der Waals surface area contributed by atoms with E-state index >= 15 is 0 Å². The van der Waals surface area contributed by atoms with Gasteiger partial charge < -0.3 is 19.0 Å². The minimum absolute atomic E-state index is 0.162. The molecule has 0 radical (unpaired) electrons. The normalized spacial score (nSPS) is 12.0. The van der Waals surface area contributed by atoms with E-state index in [1.54, 1.807) is 18.2 Å². The molecule has 0 atom stereocenters. The third kappa shape index (κ3) is 5.69. The summed E-state index contributed by atoms with van der Waals surface area (Å²) >= 11 is 0. The monoisotopic (exact) mass is 326 g/mol. The highest BCUT2D eigenvalue weighted by molar-refractivity contribution is 6.74. The molecule has 0 saturated carbocycles. The number of carboxylic acids is 1. The average Bonchev–Trinajstić information content (AvgIpc) is 2.41. The maximum Gasteiger partial charge on any atom is 0.341 e. The summed E-state index contributed by atoms with van der Waals surface area (Å²) in [5.41, 5.74) is 0. The average molecular weight is 326 g/mol. The van der Waals surface area contributed by atoms with Crippen molar-refractivity contribution < 1.29 is 23.8 Å². The summed E-state index contributed by atoms with van der Waals surface area (Å²) in [6.45, 7) is 11.5. The second kappa shape index (κ2) is 7.65. The first-order valence-corrected chi connectivity index (χ1v) is 10.2. The Kier molecular flexibility index (Phi) is 6.43. The molecule has 1 rings (SSSR count). The number of carbonyl (C=O) groups is 1. The first-order chi connectivity index (χ1) is 10.1. The number of hydrogen-bond acceptors (Lipinski definition) is 4. The summed E-state index contributed by atoms with van der Waals surface area (Å²) in [4.78, 5) is 10.6. The summed E-state index contributed by atoms with van der Waals surface area (Å²) in [5, 5.41) is 8.83. The zero-order valence-corrected chi connectivity index (χ0v) is 15.0. The Morgan fingerprint density at radius 1 is 1.09 bits per heavy atom. The lowest BCUT2D eigenvalue weighted by molar-refractivity contribution is -0.139. The van der Waals surface area contributed by atoms with Crippen LogP contribution in [0.1, 0.15) is 20.8 Å². The SMILES string of the molecule is CC(C)(C)[Si](C)(C)OCCOc1ccccc1OCC(=O)O. The van der Waals surface area contributed by atoms with Gasteiger partial charge in [0.25, 0.3) is 0 Å². The van der Waals surface area contributed by atoms with E-state index in [2.05, 4.69) is 33.9 Å². The number of para-hydroxylation sites is 2. The third-order valence-electron chi connectivity index (χ3n) is 3.81. The molecule has 0 unspecified atom stereocenters. The van der Waals surface area contributed by atoms with E-state index in [0.29, 0.717) is 24.7 Å². The molecule has 0 heterocycles. The van der Waals surface area contributed by atoms with E-state index in [-0.39, 0.29) is 11.6 Å². The highest BCUT2D eigenvalue weighted by Gasteiger charge is 2.36. The molecule has 22 heavy (non-hydrogen) atoms. The molecule has 0 fully saturated rings. The lowest BCUT2D eigenvalue weighted by Crippen LogP contribution is -2.41. The first kappa shape index (κ1) is 18.5. The zero-order valence-electron chi connectivity index (χ0n) is 14.0. The van der Waals surface area contributed by atoms with E-state index in [4.69, 9.17) is 19.0 Å². The van der Waals surface area contributed by atoms with Crippen LogP contribution in [0.2, 0.25) is 18.1 Å². The molecule has 0 aliphatic carbocycles. The molecule has 0 aliphatic heterocycles. The molecular weight excluding hydrogens is 300 g/mol. The second-order valence-electron chi connectivity index (χ2n) is 6.59. The van der Waals surface area contributed by atoms with Crippen LogP contribution >= 0.6 is 0 Å². The summed E-state index contributed by atoms with van der Waals surface area (Å²) < 4.78 is 16.9. The number of carboxylic acid groups (broad SMARTS) is 1. The molecule has 0 saturated heterocycles. The van der Waals surface area contributed by atoms with Crippen LogP contribution in [0.25, 0.3) is 0 Å². The summed E-state index contributed by atoms with van der Waals surface area (Å²) in [5.74, 6) is -0.0594. The number of rotatable bonds is 8. The minimum Gasteiger partial charge on any atom is -0.487 e. The van der Waals surface area contributed by atoms with Gasteiger partial charge in [-0.2, -0.15) is 0 Å². The molecule has 1 aromatic rings. The van der Waals surface area contributed by atoms with Crippen molar-refractivity contribution in [3.63, 3.8) is 0 Å². The van der Waals surface area contributed by atoms with E-state index in [0.717, 1.165) is 0 Å². The largest absolute Gasteiger partial charge is 0.487 e. The Morgan fingerprint density at radius 3 is 2.14 bits per heavy atom. The summed E-state index contributed by atoms with van der Waals surface area (Å²) in [6.07, 6.45) is 0. The van der Waals surface area contributed by atoms with Crippen LogP contribution in [0.15, 0.2) is 24.3 Å². The lowest BCUT2D eigenvalue weighted by atomic mass is 10.2. The van der Waals surface area contributed by atoms with Gasteiger partial charge in [-0.25, -0.2) is 4.79 Å². The first-order valence-electron chi connectivity index (χ1n) is 7.34. The zero-order chi connectivity index (χ0) is 16.8. The fourth-order valence-electron chi connectivity index (χ4n) is 1.49. The standard InChI is InChI=1S/C16H26O5Si/c1-16(2,3)22(4,5)21-11-10-19-13-8-6-7-9-14(13)20-12-15(17)18/h6-9H,10-12H2,1-5H3,(H,17,18). The van der Waals surface area contributed by atoms with Crippen LogP contribution in [0.3, 0.4) is 0 Å². The van der Waals surface area contributed by atoms with Crippen molar-refractivity contribution in [1.82, 2.24) is 0 Å². The van der Waals surface area contributed by atoms with Crippen LogP contribution in [0.5, 0.6) is 11.5 Å². The molecule has 6 heteroatoms. The minimum atomic E-state index is -1.78. The van der Waals surface area contributed by atoms with Gasteiger partial charge in [-0.3, -0.25) is 0 Å². The molecule has 5 nitrogen and oxygen atoms in total. The predicted octanol–water partition coefficient (Wildman–Crippen LogP) is 3.55. The molecule has 0 aliphatic rings. The van der Waals surface area contributed by atoms with Gasteiger partial charge in [-0.15, -0.1) is 0 Å². The molecule has 0 spiro atoms. The Bertz CT molecular complexity index is 494. The molecule has 0 amide bonds. The molecule has 0 bridgehead atoms. The van der Waals surface area contributed by atoms with Crippen molar-refractivity contribution in [1.29, 1.82) is 0 Å². The van der Waals surface area contributed by atoms with Crippen molar-refractivity contribution in [3.8, 4) is 11.5 Å². The topological polar surface area (TPSA) is 65.0 Å². The van der Waals surface area contributed by atoms with Gasteiger partial charge in [0, 0.05) is 0 Å². The highest BCUT2D eigenvalue weighted by atomic mass is 28.4. The van der Waals surface area contributed by atoms with Gasteiger partial charge in [0.1, 0.15) is 6.61 Å². The van der Waals surface area contributed by atoms with Gasteiger partial charge in [-0.1, -0.05) is 32.9 Å². The van der Waals surface area contributed by atoms with E-state index < -0.39 is 14.3 Å². The van der Waals surface area contributed by atoms with Crippen LogP contribution in [0, 0.1) is 0 Å². The number of ether oxygens (including phenoxy) is 2. The number of aliphatic carboxylic acids is 1. The predicted molar refractivity (Wildman–Crippen MR) is 88.2 cm³/mol. The molecule has 1 N–H and O–H groups in total. The van der Waals surface area contributed by atoms with Crippen molar-refractivity contribution in [2.45, 2.75) is 38.9 Å². The Morgan fingerprint density at radius 2 is 1.64 bits per heavy atom. The smallest absolute Gasteiger partial charge is 0.341 e. The Balaban J connectivity index is 2.50. The van der Waals surface area contributed by atoms with Gasteiger partial charge in [0.05, 0.1) is 6.61 Å². The van der Waals surface area contributed by atoms with Crippen LogP contribution < -0.4 is 9.47 Å². The fourth-order valence-corrected chi connectivity index (χ4v) is 2.52. The summed E-state index contributed by atoms with van der Waals surface area (Å²) in [6, 6.07) is 7.03. The summed E-state index contributed by atoms with van der Waals surface area (Å²) in [7, 11) is -1.78. The van der Waals surface area contributed by atoms with Crippen molar-refractivity contribution in [2.24, 2.45) is 0 Å². The van der Waals surface area contributed by atoms with Crippen LogP contribution in [0.4, 0.5) is 0 Å². The fraction of sp³-hybridized carbons (Fsp3) is 0.562. The lowest BCUT2D eigenvalue weighted by Gasteiger charge is -2.36.